The van der Waals surface area contributed by atoms with Crippen LogP contribution in [-0.4, -0.2) is 42.9 Å². The van der Waals surface area contributed by atoms with Crippen molar-refractivity contribution < 1.29 is 18.3 Å². The van der Waals surface area contributed by atoms with Crippen LogP contribution in [0.15, 0.2) is 41.4 Å². The molecule has 0 amide bonds. The minimum Gasteiger partial charge on any atom is -0.478 e. The van der Waals surface area contributed by atoms with Crippen molar-refractivity contribution in [2.45, 2.75) is 4.90 Å². The molecule has 1 heterocycles. The van der Waals surface area contributed by atoms with Crippen LogP contribution >= 0.6 is 11.6 Å². The first-order valence-electron chi connectivity index (χ1n) is 6.41. The van der Waals surface area contributed by atoms with E-state index in [1.165, 1.54) is 32.3 Å². The van der Waals surface area contributed by atoms with Crippen LogP contribution in [0.1, 0.15) is 10.4 Å². The molecule has 0 aliphatic carbocycles. The SMILES string of the molecule is CN(C)S(=O)(=O)c1ccccc1Nc1cc(Cl)ncc1C(=O)O. The summed E-state index contributed by atoms with van der Waals surface area (Å²) < 4.78 is 25.8. The summed E-state index contributed by atoms with van der Waals surface area (Å²) in [4.78, 5) is 15.0. The molecule has 0 aliphatic rings. The lowest BCUT2D eigenvalue weighted by molar-refractivity contribution is 0.0697. The molecule has 23 heavy (non-hydrogen) atoms. The normalized spacial score (nSPS) is 11.5. The van der Waals surface area contributed by atoms with Gasteiger partial charge in [-0.05, 0) is 18.2 Å². The molecule has 0 saturated heterocycles. The minimum absolute atomic E-state index is 0.0225. The smallest absolute Gasteiger partial charge is 0.339 e. The van der Waals surface area contributed by atoms with Gasteiger partial charge in [-0.1, -0.05) is 23.7 Å². The number of pyridine rings is 1. The maximum atomic E-state index is 12.4. The monoisotopic (exact) mass is 355 g/mol. The summed E-state index contributed by atoms with van der Waals surface area (Å²) in [5.74, 6) is -1.20. The van der Waals surface area contributed by atoms with Crippen LogP contribution in [0.4, 0.5) is 11.4 Å². The van der Waals surface area contributed by atoms with E-state index in [-0.39, 0.29) is 27.0 Å². The highest BCUT2D eigenvalue weighted by molar-refractivity contribution is 7.89. The number of carboxylic acid groups (broad SMARTS) is 1. The van der Waals surface area contributed by atoms with Crippen molar-refractivity contribution in [3.8, 4) is 0 Å². The van der Waals surface area contributed by atoms with Crippen molar-refractivity contribution in [3.05, 3.63) is 47.2 Å². The van der Waals surface area contributed by atoms with E-state index in [2.05, 4.69) is 10.3 Å². The lowest BCUT2D eigenvalue weighted by Gasteiger charge is -2.17. The molecule has 0 saturated carbocycles. The first-order chi connectivity index (χ1) is 10.7. The number of carboxylic acids is 1. The number of nitrogens with one attached hydrogen (secondary N) is 1. The Kier molecular flexibility index (Phi) is 4.88. The van der Waals surface area contributed by atoms with Crippen LogP contribution < -0.4 is 5.32 Å². The number of hydrogen-bond acceptors (Lipinski definition) is 5. The highest BCUT2D eigenvalue weighted by Gasteiger charge is 2.22. The Labute approximate surface area is 138 Å². The number of para-hydroxylation sites is 1. The Morgan fingerprint density at radius 2 is 1.91 bits per heavy atom. The second-order valence-electron chi connectivity index (χ2n) is 4.77. The summed E-state index contributed by atoms with van der Waals surface area (Å²) >= 11 is 5.80. The van der Waals surface area contributed by atoms with E-state index in [1.54, 1.807) is 12.1 Å². The molecule has 0 spiro atoms. The van der Waals surface area contributed by atoms with E-state index in [0.29, 0.717) is 0 Å². The molecule has 0 unspecified atom stereocenters. The number of carbonyl (C=O) groups is 1. The summed E-state index contributed by atoms with van der Waals surface area (Å²) in [7, 11) is -0.867. The minimum atomic E-state index is -3.70. The Morgan fingerprint density at radius 1 is 1.26 bits per heavy atom. The Bertz CT molecular complexity index is 853. The molecule has 9 heteroatoms. The number of aromatic nitrogens is 1. The number of aromatic carboxylic acids is 1. The molecular formula is C14H14ClN3O4S. The van der Waals surface area contributed by atoms with Crippen molar-refractivity contribution in [2.24, 2.45) is 0 Å². The third-order valence-corrected chi connectivity index (χ3v) is 5.10. The Morgan fingerprint density at radius 3 is 2.52 bits per heavy atom. The number of rotatable bonds is 5. The first-order valence-corrected chi connectivity index (χ1v) is 8.22. The molecule has 0 aliphatic heterocycles. The van der Waals surface area contributed by atoms with Gasteiger partial charge >= 0.3 is 5.97 Å². The van der Waals surface area contributed by atoms with E-state index in [0.717, 1.165) is 10.5 Å². The molecule has 0 bridgehead atoms. The van der Waals surface area contributed by atoms with E-state index in [9.17, 15) is 18.3 Å². The van der Waals surface area contributed by atoms with Gasteiger partial charge in [0.2, 0.25) is 10.0 Å². The summed E-state index contributed by atoms with van der Waals surface area (Å²) in [6.45, 7) is 0. The molecular weight excluding hydrogens is 342 g/mol. The van der Waals surface area contributed by atoms with Gasteiger partial charge in [-0.2, -0.15) is 0 Å². The third kappa shape index (κ3) is 3.61. The van der Waals surface area contributed by atoms with Crippen molar-refractivity contribution in [1.29, 1.82) is 0 Å². The lowest BCUT2D eigenvalue weighted by atomic mass is 10.2. The van der Waals surface area contributed by atoms with E-state index in [1.807, 2.05) is 0 Å². The number of nitrogens with zero attached hydrogens (tertiary/aromatic N) is 2. The molecule has 7 nitrogen and oxygen atoms in total. The van der Waals surface area contributed by atoms with Gasteiger partial charge in [-0.25, -0.2) is 22.5 Å². The highest BCUT2D eigenvalue weighted by atomic mass is 35.5. The van der Waals surface area contributed by atoms with Gasteiger partial charge in [0.1, 0.15) is 15.6 Å². The quantitative estimate of drug-likeness (QED) is 0.799. The zero-order valence-corrected chi connectivity index (χ0v) is 13.9. The van der Waals surface area contributed by atoms with Gasteiger partial charge in [0, 0.05) is 20.3 Å². The van der Waals surface area contributed by atoms with Crippen LogP contribution in [-0.2, 0) is 10.0 Å². The average molecular weight is 356 g/mol. The van der Waals surface area contributed by atoms with Gasteiger partial charge in [0.05, 0.1) is 11.4 Å². The van der Waals surface area contributed by atoms with Crippen molar-refractivity contribution in [2.75, 3.05) is 19.4 Å². The number of anilines is 2. The second-order valence-corrected chi connectivity index (χ2v) is 7.27. The van der Waals surface area contributed by atoms with Crippen molar-refractivity contribution in [1.82, 2.24) is 9.29 Å². The molecule has 2 rings (SSSR count). The van der Waals surface area contributed by atoms with Gasteiger partial charge in [-0.3, -0.25) is 0 Å². The largest absolute Gasteiger partial charge is 0.478 e. The molecule has 1 aromatic heterocycles. The standard InChI is InChI=1S/C14H14ClN3O4S/c1-18(2)23(21,22)12-6-4-3-5-10(12)17-11-7-13(15)16-8-9(11)14(19)20/h3-8H,1-2H3,(H,16,17)(H,19,20). The van der Waals surface area contributed by atoms with Crippen molar-refractivity contribution >= 4 is 39.0 Å². The molecule has 0 radical (unpaired) electrons. The second kappa shape index (κ2) is 6.53. The maximum absolute atomic E-state index is 12.4. The fourth-order valence-electron chi connectivity index (χ4n) is 1.84. The zero-order chi connectivity index (χ0) is 17.2. The van der Waals surface area contributed by atoms with Crippen LogP contribution in [0.5, 0.6) is 0 Å². The number of hydrogen-bond donors (Lipinski definition) is 2. The number of sulfonamides is 1. The zero-order valence-electron chi connectivity index (χ0n) is 12.3. The van der Waals surface area contributed by atoms with Crippen molar-refractivity contribution in [3.63, 3.8) is 0 Å². The summed E-state index contributed by atoms with van der Waals surface area (Å²) in [6, 6.07) is 7.51. The van der Waals surface area contributed by atoms with Crippen LogP contribution in [0.25, 0.3) is 0 Å². The third-order valence-electron chi connectivity index (χ3n) is 3.02. The fourth-order valence-corrected chi connectivity index (χ4v) is 3.04. The topological polar surface area (TPSA) is 99.6 Å². The van der Waals surface area contributed by atoms with Gasteiger partial charge < -0.3 is 10.4 Å². The molecule has 2 aromatic rings. The fraction of sp³-hybridized carbons (Fsp3) is 0.143. The average Bonchev–Trinajstić information content (AvgIpc) is 2.47. The first kappa shape index (κ1) is 17.2. The Hall–Kier alpha value is -2.16. The molecule has 0 fully saturated rings. The van der Waals surface area contributed by atoms with E-state index < -0.39 is 16.0 Å². The maximum Gasteiger partial charge on any atom is 0.339 e. The van der Waals surface area contributed by atoms with E-state index in [4.69, 9.17) is 11.6 Å². The van der Waals surface area contributed by atoms with Gasteiger partial charge in [0.25, 0.3) is 0 Å². The lowest BCUT2D eigenvalue weighted by Crippen LogP contribution is -2.23. The van der Waals surface area contributed by atoms with Gasteiger partial charge in [-0.15, -0.1) is 0 Å². The highest BCUT2D eigenvalue weighted by Crippen LogP contribution is 2.29. The van der Waals surface area contributed by atoms with Crippen LogP contribution in [0.2, 0.25) is 5.15 Å². The number of benzene rings is 1. The van der Waals surface area contributed by atoms with Gasteiger partial charge in [0.15, 0.2) is 0 Å². The predicted molar refractivity (Wildman–Crippen MR) is 86.8 cm³/mol. The predicted octanol–water partition coefficient (Wildman–Crippen LogP) is 2.43. The summed E-state index contributed by atoms with van der Waals surface area (Å²) in [6.07, 6.45) is 1.11. The molecule has 2 N–H and O–H groups in total. The summed E-state index contributed by atoms with van der Waals surface area (Å²) in [5.41, 5.74) is 0.274. The molecule has 122 valence electrons. The Balaban J connectivity index is 2.55. The molecule has 1 aromatic carbocycles. The van der Waals surface area contributed by atoms with E-state index >= 15 is 0 Å². The van der Waals surface area contributed by atoms with Crippen LogP contribution in [0, 0.1) is 0 Å². The summed E-state index contributed by atoms with van der Waals surface area (Å²) in [5, 5.41) is 12.1. The molecule has 0 atom stereocenters. The van der Waals surface area contributed by atoms with Crippen LogP contribution in [0.3, 0.4) is 0 Å². The number of halogens is 1.